The van der Waals surface area contributed by atoms with Crippen molar-refractivity contribution in [1.82, 2.24) is 10.3 Å². The van der Waals surface area contributed by atoms with E-state index in [9.17, 15) is 0 Å². The van der Waals surface area contributed by atoms with E-state index >= 15 is 0 Å². The predicted octanol–water partition coefficient (Wildman–Crippen LogP) is 3.14. The molecule has 0 aliphatic heterocycles. The van der Waals surface area contributed by atoms with Gasteiger partial charge in [-0.05, 0) is 44.5 Å². The van der Waals surface area contributed by atoms with Crippen molar-refractivity contribution in [1.29, 1.82) is 0 Å². The number of hydrogen-bond acceptors (Lipinski definition) is 4. The Hall–Kier alpha value is -1.81. The smallest absolute Gasteiger partial charge is 0.213 e. The number of furan rings is 1. The van der Waals surface area contributed by atoms with E-state index in [1.807, 2.05) is 24.3 Å². The van der Waals surface area contributed by atoms with Crippen LogP contribution in [0.2, 0.25) is 0 Å². The van der Waals surface area contributed by atoms with E-state index in [1.165, 1.54) is 0 Å². The highest BCUT2D eigenvalue weighted by atomic mass is 16.5. The average molecular weight is 260 g/mol. The second-order valence-electron chi connectivity index (χ2n) is 5.47. The molecule has 0 amide bonds. The Labute approximate surface area is 113 Å². The van der Waals surface area contributed by atoms with Gasteiger partial charge in [0.15, 0.2) is 0 Å². The second-order valence-corrected chi connectivity index (χ2v) is 5.47. The number of aromatic nitrogens is 1. The summed E-state index contributed by atoms with van der Waals surface area (Å²) >= 11 is 0. The molecular formula is C15H20N2O2. The first kappa shape index (κ1) is 13.6. The predicted molar refractivity (Wildman–Crippen MR) is 73.9 cm³/mol. The molecule has 0 aliphatic rings. The maximum Gasteiger partial charge on any atom is 0.213 e. The lowest BCUT2D eigenvalue weighted by Gasteiger charge is -2.20. The number of rotatable bonds is 5. The minimum absolute atomic E-state index is 0.0957. The Morgan fingerprint density at radius 1 is 1.32 bits per heavy atom. The zero-order valence-corrected chi connectivity index (χ0v) is 11.6. The number of hydrogen-bond donors (Lipinski definition) is 1. The van der Waals surface area contributed by atoms with Crippen LogP contribution >= 0.6 is 0 Å². The maximum absolute atomic E-state index is 5.59. The molecule has 0 aliphatic carbocycles. The highest BCUT2D eigenvalue weighted by molar-refractivity contribution is 5.20. The minimum atomic E-state index is 0.0957. The van der Waals surface area contributed by atoms with Gasteiger partial charge in [0.25, 0.3) is 0 Å². The quantitative estimate of drug-likeness (QED) is 0.897. The van der Waals surface area contributed by atoms with Crippen molar-refractivity contribution in [3.63, 3.8) is 0 Å². The minimum Gasteiger partial charge on any atom is -0.469 e. The molecule has 102 valence electrons. The molecule has 0 saturated heterocycles. The Balaban J connectivity index is 1.91. The third-order valence-corrected chi connectivity index (χ3v) is 2.56. The molecule has 1 N–H and O–H groups in total. The van der Waals surface area contributed by atoms with E-state index in [1.54, 1.807) is 12.5 Å². The Kier molecular flexibility index (Phi) is 4.22. The second kappa shape index (κ2) is 5.89. The highest BCUT2D eigenvalue weighted by Gasteiger charge is 2.09. The largest absolute Gasteiger partial charge is 0.469 e. The summed E-state index contributed by atoms with van der Waals surface area (Å²) in [6.45, 7) is 7.62. The van der Waals surface area contributed by atoms with Gasteiger partial charge < -0.3 is 14.5 Å². The normalized spacial score (nSPS) is 11.5. The van der Waals surface area contributed by atoms with Gasteiger partial charge in [0, 0.05) is 24.3 Å². The first-order chi connectivity index (χ1) is 9.03. The number of ether oxygens (including phenoxy) is 1. The van der Waals surface area contributed by atoms with Gasteiger partial charge in [0.1, 0.15) is 12.4 Å². The molecule has 0 saturated carbocycles. The SMILES string of the molecule is CC(C)(C)NCc1ccnc(OCc2ccco2)c1. The van der Waals surface area contributed by atoms with Gasteiger partial charge in [0.05, 0.1) is 6.26 Å². The van der Waals surface area contributed by atoms with E-state index in [4.69, 9.17) is 9.15 Å². The summed E-state index contributed by atoms with van der Waals surface area (Å²) in [6.07, 6.45) is 3.40. The van der Waals surface area contributed by atoms with Crippen molar-refractivity contribution in [3.8, 4) is 5.88 Å². The molecule has 4 heteroatoms. The van der Waals surface area contributed by atoms with Gasteiger partial charge in [-0.3, -0.25) is 0 Å². The van der Waals surface area contributed by atoms with Gasteiger partial charge in [-0.15, -0.1) is 0 Å². The molecule has 0 radical (unpaired) electrons. The zero-order valence-electron chi connectivity index (χ0n) is 11.6. The summed E-state index contributed by atoms with van der Waals surface area (Å²) < 4.78 is 10.8. The van der Waals surface area contributed by atoms with Crippen molar-refractivity contribution < 1.29 is 9.15 Å². The molecule has 0 bridgehead atoms. The van der Waals surface area contributed by atoms with Crippen LogP contribution in [0.1, 0.15) is 32.1 Å². The molecule has 0 unspecified atom stereocenters. The van der Waals surface area contributed by atoms with Crippen LogP contribution in [0.5, 0.6) is 5.88 Å². The van der Waals surface area contributed by atoms with Crippen LogP contribution in [0.25, 0.3) is 0 Å². The molecule has 0 aromatic carbocycles. The third kappa shape index (κ3) is 4.75. The molecule has 2 heterocycles. The first-order valence-electron chi connectivity index (χ1n) is 6.38. The van der Waals surface area contributed by atoms with Crippen LogP contribution in [0.4, 0.5) is 0 Å². The van der Waals surface area contributed by atoms with Crippen molar-refractivity contribution in [2.45, 2.75) is 39.5 Å². The van der Waals surface area contributed by atoms with Crippen LogP contribution in [0.3, 0.4) is 0 Å². The summed E-state index contributed by atoms with van der Waals surface area (Å²) in [6, 6.07) is 7.65. The summed E-state index contributed by atoms with van der Waals surface area (Å²) in [5.74, 6) is 1.41. The topological polar surface area (TPSA) is 47.3 Å². The van der Waals surface area contributed by atoms with Crippen LogP contribution in [0.15, 0.2) is 41.1 Å². The van der Waals surface area contributed by atoms with E-state index in [2.05, 4.69) is 31.1 Å². The lowest BCUT2D eigenvalue weighted by molar-refractivity contribution is 0.260. The number of nitrogens with zero attached hydrogens (tertiary/aromatic N) is 1. The van der Waals surface area contributed by atoms with E-state index in [0.29, 0.717) is 12.5 Å². The molecular weight excluding hydrogens is 240 g/mol. The van der Waals surface area contributed by atoms with Crippen LogP contribution in [0, 0.1) is 0 Å². The van der Waals surface area contributed by atoms with Crippen molar-refractivity contribution in [3.05, 3.63) is 48.0 Å². The summed E-state index contributed by atoms with van der Waals surface area (Å²) in [7, 11) is 0. The standard InChI is InChI=1S/C15H20N2O2/c1-15(2,3)17-10-12-6-7-16-14(9-12)19-11-13-5-4-8-18-13/h4-9,17H,10-11H2,1-3H3. The molecule has 2 aromatic heterocycles. The fourth-order valence-electron chi connectivity index (χ4n) is 1.55. The maximum atomic E-state index is 5.59. The summed E-state index contributed by atoms with van der Waals surface area (Å²) in [5.41, 5.74) is 1.25. The fraction of sp³-hybridized carbons (Fsp3) is 0.400. The lowest BCUT2D eigenvalue weighted by Crippen LogP contribution is -2.35. The molecule has 0 spiro atoms. The number of pyridine rings is 1. The van der Waals surface area contributed by atoms with Crippen LogP contribution < -0.4 is 10.1 Å². The Morgan fingerprint density at radius 3 is 2.84 bits per heavy atom. The van der Waals surface area contributed by atoms with Crippen molar-refractivity contribution in [2.24, 2.45) is 0 Å². The molecule has 19 heavy (non-hydrogen) atoms. The Bertz CT molecular complexity index is 501. The molecule has 2 rings (SSSR count). The fourth-order valence-corrected chi connectivity index (χ4v) is 1.55. The van der Waals surface area contributed by atoms with Crippen LogP contribution in [-0.4, -0.2) is 10.5 Å². The van der Waals surface area contributed by atoms with Crippen LogP contribution in [-0.2, 0) is 13.2 Å². The van der Waals surface area contributed by atoms with E-state index in [-0.39, 0.29) is 5.54 Å². The van der Waals surface area contributed by atoms with Gasteiger partial charge in [-0.2, -0.15) is 0 Å². The summed E-state index contributed by atoms with van der Waals surface area (Å²) in [4.78, 5) is 4.19. The molecule has 2 aromatic rings. The molecule has 0 atom stereocenters. The van der Waals surface area contributed by atoms with Gasteiger partial charge in [0.2, 0.25) is 5.88 Å². The molecule has 0 fully saturated rings. The van der Waals surface area contributed by atoms with Gasteiger partial charge in [-0.25, -0.2) is 4.98 Å². The Morgan fingerprint density at radius 2 is 2.16 bits per heavy atom. The average Bonchev–Trinajstić information content (AvgIpc) is 2.87. The van der Waals surface area contributed by atoms with E-state index < -0.39 is 0 Å². The van der Waals surface area contributed by atoms with Crippen molar-refractivity contribution in [2.75, 3.05) is 0 Å². The number of nitrogens with one attached hydrogen (secondary N) is 1. The molecule has 4 nitrogen and oxygen atoms in total. The van der Waals surface area contributed by atoms with Gasteiger partial charge >= 0.3 is 0 Å². The van der Waals surface area contributed by atoms with Gasteiger partial charge in [-0.1, -0.05) is 0 Å². The highest BCUT2D eigenvalue weighted by Crippen LogP contribution is 2.13. The lowest BCUT2D eigenvalue weighted by atomic mass is 10.1. The zero-order chi connectivity index (χ0) is 13.7. The first-order valence-corrected chi connectivity index (χ1v) is 6.38. The van der Waals surface area contributed by atoms with E-state index in [0.717, 1.165) is 17.9 Å². The third-order valence-electron chi connectivity index (χ3n) is 2.56. The summed E-state index contributed by atoms with van der Waals surface area (Å²) in [5, 5.41) is 3.43. The van der Waals surface area contributed by atoms with Crippen molar-refractivity contribution >= 4 is 0 Å². The monoisotopic (exact) mass is 260 g/mol.